The van der Waals surface area contributed by atoms with Gasteiger partial charge in [0.15, 0.2) is 5.78 Å². The normalized spacial score (nSPS) is 20.9. The molecule has 2 aliphatic rings. The van der Waals surface area contributed by atoms with E-state index in [1.165, 1.54) is 6.08 Å². The summed E-state index contributed by atoms with van der Waals surface area (Å²) in [6.07, 6.45) is 1.12. The highest BCUT2D eigenvalue weighted by molar-refractivity contribution is 6.00. The van der Waals surface area contributed by atoms with Crippen LogP contribution < -0.4 is 10.1 Å². The van der Waals surface area contributed by atoms with Crippen molar-refractivity contribution in [1.29, 1.82) is 0 Å². The number of allylic oxidation sites excluding steroid dienone is 3. The van der Waals surface area contributed by atoms with Crippen LogP contribution in [0, 0.1) is 11.3 Å². The van der Waals surface area contributed by atoms with Gasteiger partial charge in [-0.3, -0.25) is 9.59 Å². The van der Waals surface area contributed by atoms with Crippen molar-refractivity contribution in [2.75, 3.05) is 6.61 Å². The van der Waals surface area contributed by atoms with Gasteiger partial charge < -0.3 is 10.1 Å². The minimum absolute atomic E-state index is 0.00576. The predicted octanol–water partition coefficient (Wildman–Crippen LogP) is 4.27. The quantitative estimate of drug-likeness (QED) is 0.831. The van der Waals surface area contributed by atoms with Crippen molar-refractivity contribution in [2.24, 2.45) is 11.3 Å². The Bertz CT molecular complexity index is 837. The third kappa shape index (κ3) is 4.59. The Morgan fingerprint density at radius 1 is 1.33 bits per heavy atom. The Balaban J connectivity index is 1.82. The van der Waals surface area contributed by atoms with Crippen LogP contribution in [0.15, 0.2) is 42.1 Å². The Morgan fingerprint density at radius 2 is 2.04 bits per heavy atom. The lowest BCUT2D eigenvalue weighted by molar-refractivity contribution is -0.137. The summed E-state index contributed by atoms with van der Waals surface area (Å²) < 4.78 is 44.7. The number of alkyl halides is 3. The number of ether oxygens (including phenoxy) is 1. The third-order valence-electron chi connectivity index (χ3n) is 4.90. The molecule has 27 heavy (non-hydrogen) atoms. The molecule has 1 N–H and O–H groups in total. The van der Waals surface area contributed by atoms with Crippen LogP contribution in [0.25, 0.3) is 0 Å². The van der Waals surface area contributed by atoms with E-state index in [2.05, 4.69) is 19.2 Å². The van der Waals surface area contributed by atoms with E-state index >= 15 is 0 Å². The van der Waals surface area contributed by atoms with Gasteiger partial charge in [-0.15, -0.1) is 0 Å². The molecule has 0 aliphatic heterocycles. The van der Waals surface area contributed by atoms with E-state index in [0.29, 0.717) is 5.70 Å². The molecule has 1 amide bonds. The standard InChI is InChI=1S/C20H20F3NO3/c1-19(2)10-13(19)11-27-17-8-12(20(21,22)23)6-7-16(17)18(26)24-14-4-3-5-15(25)9-14/h3-4,6-9,13H,5,10-11H2,1-2H3,(H,24,26). The maximum Gasteiger partial charge on any atom is 0.416 e. The molecular weight excluding hydrogens is 359 g/mol. The van der Waals surface area contributed by atoms with Gasteiger partial charge in [-0.2, -0.15) is 13.2 Å². The van der Waals surface area contributed by atoms with E-state index in [0.717, 1.165) is 24.6 Å². The number of hydrogen-bond donors (Lipinski definition) is 1. The molecule has 4 nitrogen and oxygen atoms in total. The van der Waals surface area contributed by atoms with Crippen LogP contribution in [0.2, 0.25) is 0 Å². The molecule has 0 bridgehead atoms. The largest absolute Gasteiger partial charge is 0.492 e. The SMILES string of the molecule is CC1(C)CC1COc1cc(C(F)(F)F)ccc1C(=O)NC1=CC(=O)CC=C1. The van der Waals surface area contributed by atoms with Gasteiger partial charge in [-0.1, -0.05) is 19.9 Å². The van der Waals surface area contributed by atoms with Crippen molar-refractivity contribution in [1.82, 2.24) is 5.32 Å². The average Bonchev–Trinajstić information content (AvgIpc) is 3.18. The number of amides is 1. The molecule has 0 spiro atoms. The van der Waals surface area contributed by atoms with Crippen molar-refractivity contribution in [3.05, 3.63) is 53.3 Å². The summed E-state index contributed by atoms with van der Waals surface area (Å²) in [6, 6.07) is 2.79. The molecule has 1 aromatic carbocycles. The first kappa shape index (κ1) is 19.2. The lowest BCUT2D eigenvalue weighted by Gasteiger charge is -2.16. The second-order valence-corrected chi connectivity index (χ2v) is 7.54. The number of carbonyl (C=O) groups excluding carboxylic acids is 2. The molecule has 7 heteroatoms. The van der Waals surface area contributed by atoms with E-state index in [-0.39, 0.29) is 41.5 Å². The van der Waals surface area contributed by atoms with E-state index < -0.39 is 17.6 Å². The van der Waals surface area contributed by atoms with Crippen molar-refractivity contribution in [2.45, 2.75) is 32.9 Å². The van der Waals surface area contributed by atoms with Gasteiger partial charge in [0, 0.05) is 18.2 Å². The van der Waals surface area contributed by atoms with E-state index in [1.54, 1.807) is 12.2 Å². The number of carbonyl (C=O) groups is 2. The number of benzene rings is 1. The topological polar surface area (TPSA) is 55.4 Å². The van der Waals surface area contributed by atoms with E-state index in [9.17, 15) is 22.8 Å². The highest BCUT2D eigenvalue weighted by atomic mass is 19.4. The number of nitrogens with one attached hydrogen (secondary N) is 1. The highest BCUT2D eigenvalue weighted by Crippen LogP contribution is 2.51. The molecule has 1 saturated carbocycles. The molecule has 3 rings (SSSR count). The maximum absolute atomic E-state index is 13.0. The number of halogens is 3. The molecule has 1 fully saturated rings. The average molecular weight is 379 g/mol. The summed E-state index contributed by atoms with van der Waals surface area (Å²) in [4.78, 5) is 24.0. The van der Waals surface area contributed by atoms with Gasteiger partial charge in [-0.25, -0.2) is 0 Å². The van der Waals surface area contributed by atoms with Crippen LogP contribution in [-0.2, 0) is 11.0 Å². The van der Waals surface area contributed by atoms with Crippen LogP contribution in [-0.4, -0.2) is 18.3 Å². The smallest absolute Gasteiger partial charge is 0.416 e. The number of hydrogen-bond acceptors (Lipinski definition) is 3. The fourth-order valence-electron chi connectivity index (χ4n) is 2.92. The van der Waals surface area contributed by atoms with Crippen LogP contribution in [0.3, 0.4) is 0 Å². The van der Waals surface area contributed by atoms with Crippen LogP contribution in [0.4, 0.5) is 13.2 Å². The predicted molar refractivity (Wildman–Crippen MR) is 93.1 cm³/mol. The zero-order chi connectivity index (χ0) is 19.8. The van der Waals surface area contributed by atoms with Crippen molar-refractivity contribution in [3.8, 4) is 5.75 Å². The van der Waals surface area contributed by atoms with Gasteiger partial charge >= 0.3 is 6.18 Å². The monoisotopic (exact) mass is 379 g/mol. The number of rotatable bonds is 5. The maximum atomic E-state index is 13.0. The molecule has 144 valence electrons. The fourth-order valence-corrected chi connectivity index (χ4v) is 2.92. The second kappa shape index (κ2) is 6.87. The number of ketones is 1. The van der Waals surface area contributed by atoms with Crippen molar-refractivity contribution >= 4 is 11.7 Å². The van der Waals surface area contributed by atoms with E-state index in [1.807, 2.05) is 0 Å². The molecule has 2 aliphatic carbocycles. The summed E-state index contributed by atoms with van der Waals surface area (Å²) in [5.41, 5.74) is -0.488. The Morgan fingerprint density at radius 3 is 2.63 bits per heavy atom. The van der Waals surface area contributed by atoms with Crippen LogP contribution in [0.5, 0.6) is 5.75 Å². The zero-order valence-corrected chi connectivity index (χ0v) is 15.0. The van der Waals surface area contributed by atoms with Crippen molar-refractivity contribution < 1.29 is 27.5 Å². The summed E-state index contributed by atoms with van der Waals surface area (Å²) in [7, 11) is 0. The first-order valence-electron chi connectivity index (χ1n) is 8.63. The third-order valence-corrected chi connectivity index (χ3v) is 4.90. The molecule has 0 radical (unpaired) electrons. The van der Waals surface area contributed by atoms with E-state index in [4.69, 9.17) is 4.74 Å². The lowest BCUT2D eigenvalue weighted by Crippen LogP contribution is -2.24. The molecule has 1 unspecified atom stereocenters. The Labute approximate surface area is 155 Å². The van der Waals surface area contributed by atoms with Gasteiger partial charge in [0.1, 0.15) is 5.75 Å². The molecule has 0 saturated heterocycles. The first-order valence-corrected chi connectivity index (χ1v) is 8.63. The van der Waals surface area contributed by atoms with Crippen molar-refractivity contribution in [3.63, 3.8) is 0 Å². The van der Waals surface area contributed by atoms with Gasteiger partial charge in [0.2, 0.25) is 0 Å². The van der Waals surface area contributed by atoms with Crippen LogP contribution in [0.1, 0.15) is 42.6 Å². The minimum Gasteiger partial charge on any atom is -0.492 e. The van der Waals surface area contributed by atoms with Gasteiger partial charge in [-0.05, 0) is 42.0 Å². The second-order valence-electron chi connectivity index (χ2n) is 7.54. The summed E-state index contributed by atoms with van der Waals surface area (Å²) in [6.45, 7) is 4.36. The molecule has 0 aromatic heterocycles. The lowest BCUT2D eigenvalue weighted by atomic mass is 10.1. The fraction of sp³-hybridized carbons (Fsp3) is 0.400. The molecule has 0 heterocycles. The molecule has 1 aromatic rings. The highest BCUT2D eigenvalue weighted by Gasteiger charge is 2.46. The molecular formula is C20H20F3NO3. The van der Waals surface area contributed by atoms with Gasteiger partial charge in [0.25, 0.3) is 5.91 Å². The van der Waals surface area contributed by atoms with Gasteiger partial charge in [0.05, 0.1) is 17.7 Å². The first-order chi connectivity index (χ1) is 12.6. The summed E-state index contributed by atoms with van der Waals surface area (Å²) in [5, 5.41) is 2.54. The minimum atomic E-state index is -4.53. The zero-order valence-electron chi connectivity index (χ0n) is 15.0. The Kier molecular flexibility index (Phi) is 4.88. The van der Waals surface area contributed by atoms with Crippen LogP contribution >= 0.6 is 0 Å². The summed E-state index contributed by atoms with van der Waals surface area (Å²) in [5.74, 6) is -0.659. The Hall–Kier alpha value is -2.57. The molecule has 1 atom stereocenters. The summed E-state index contributed by atoms with van der Waals surface area (Å²) >= 11 is 0.